The van der Waals surface area contributed by atoms with E-state index in [9.17, 15) is 4.79 Å². The largest absolute Gasteiger partial charge is 0.484 e. The number of rotatable bonds is 5. The first-order chi connectivity index (χ1) is 9.97. The molecule has 0 fully saturated rings. The van der Waals surface area contributed by atoms with Crippen LogP contribution in [0, 0.1) is 0 Å². The molecular weight excluding hydrogens is 313 g/mol. The summed E-state index contributed by atoms with van der Waals surface area (Å²) in [6.45, 7) is 3.92. The van der Waals surface area contributed by atoms with Crippen molar-refractivity contribution in [2.24, 2.45) is 0 Å². The Hall–Kier alpha value is -1.65. The van der Waals surface area contributed by atoms with Crippen LogP contribution in [0.5, 0.6) is 5.75 Å². The molecule has 1 aromatic carbocycles. The van der Waals surface area contributed by atoms with Crippen molar-refractivity contribution >= 4 is 29.1 Å². The SMILES string of the molecule is CC(C)NC(=O)c1ccc(COc2cccc(Cl)c2Cl)o1. The molecule has 0 saturated carbocycles. The normalized spacial score (nSPS) is 10.7. The third-order valence-electron chi connectivity index (χ3n) is 2.59. The average Bonchev–Trinajstić information content (AvgIpc) is 2.89. The quantitative estimate of drug-likeness (QED) is 0.890. The van der Waals surface area contributed by atoms with Crippen molar-refractivity contribution in [1.82, 2.24) is 5.32 Å². The molecule has 4 nitrogen and oxygen atoms in total. The smallest absolute Gasteiger partial charge is 0.287 e. The highest BCUT2D eigenvalue weighted by atomic mass is 35.5. The second kappa shape index (κ2) is 6.87. The first-order valence-electron chi connectivity index (χ1n) is 6.43. The Balaban J connectivity index is 2.00. The molecule has 0 radical (unpaired) electrons. The van der Waals surface area contributed by atoms with Gasteiger partial charge >= 0.3 is 0 Å². The lowest BCUT2D eigenvalue weighted by Crippen LogP contribution is -2.29. The summed E-state index contributed by atoms with van der Waals surface area (Å²) in [4.78, 5) is 11.8. The van der Waals surface area contributed by atoms with Crippen molar-refractivity contribution in [3.8, 4) is 5.75 Å². The molecule has 112 valence electrons. The molecular formula is C15H15Cl2NO3. The first kappa shape index (κ1) is 15.7. The van der Waals surface area contributed by atoms with Gasteiger partial charge in [0.05, 0.1) is 5.02 Å². The highest BCUT2D eigenvalue weighted by Gasteiger charge is 2.13. The van der Waals surface area contributed by atoms with Gasteiger partial charge < -0.3 is 14.5 Å². The van der Waals surface area contributed by atoms with Crippen LogP contribution in [-0.4, -0.2) is 11.9 Å². The molecule has 6 heteroatoms. The molecule has 0 unspecified atom stereocenters. The fourth-order valence-electron chi connectivity index (χ4n) is 1.66. The molecule has 0 bridgehead atoms. The van der Waals surface area contributed by atoms with Gasteiger partial charge in [0.2, 0.25) is 0 Å². The number of hydrogen-bond donors (Lipinski definition) is 1. The summed E-state index contributed by atoms with van der Waals surface area (Å²) < 4.78 is 11.0. The molecule has 1 amide bonds. The molecule has 0 spiro atoms. The summed E-state index contributed by atoms with van der Waals surface area (Å²) in [5.74, 6) is 0.991. The number of halogens is 2. The predicted octanol–water partition coefficient (Wildman–Crippen LogP) is 4.30. The summed E-state index contributed by atoms with van der Waals surface area (Å²) in [5.41, 5.74) is 0. The van der Waals surface area contributed by atoms with Crippen LogP contribution in [0.3, 0.4) is 0 Å². The molecule has 1 N–H and O–H groups in total. The lowest BCUT2D eigenvalue weighted by atomic mass is 10.3. The van der Waals surface area contributed by atoms with Crippen LogP contribution in [0.2, 0.25) is 10.0 Å². The fourth-order valence-corrected chi connectivity index (χ4v) is 2.00. The molecule has 0 aliphatic heterocycles. The van der Waals surface area contributed by atoms with Gasteiger partial charge in [0, 0.05) is 6.04 Å². The number of carbonyl (C=O) groups excluding carboxylic acids is 1. The van der Waals surface area contributed by atoms with E-state index in [2.05, 4.69) is 5.32 Å². The van der Waals surface area contributed by atoms with Gasteiger partial charge in [-0.15, -0.1) is 0 Å². The Kier molecular flexibility index (Phi) is 5.15. The summed E-state index contributed by atoms with van der Waals surface area (Å²) in [7, 11) is 0. The minimum absolute atomic E-state index is 0.0487. The van der Waals surface area contributed by atoms with E-state index in [1.807, 2.05) is 13.8 Å². The Morgan fingerprint density at radius 1 is 1.29 bits per heavy atom. The number of benzene rings is 1. The van der Waals surface area contributed by atoms with Crippen LogP contribution in [-0.2, 0) is 6.61 Å². The van der Waals surface area contributed by atoms with Crippen molar-refractivity contribution in [3.63, 3.8) is 0 Å². The molecule has 0 atom stereocenters. The van der Waals surface area contributed by atoms with E-state index in [0.29, 0.717) is 21.6 Å². The predicted molar refractivity (Wildman–Crippen MR) is 82.1 cm³/mol. The lowest BCUT2D eigenvalue weighted by molar-refractivity contribution is 0.0911. The fraction of sp³-hybridized carbons (Fsp3) is 0.267. The van der Waals surface area contributed by atoms with E-state index in [4.69, 9.17) is 32.4 Å². The van der Waals surface area contributed by atoms with Gasteiger partial charge in [-0.2, -0.15) is 0 Å². The Labute approximate surface area is 133 Å². The number of nitrogens with one attached hydrogen (secondary N) is 1. The highest BCUT2D eigenvalue weighted by molar-refractivity contribution is 6.42. The third kappa shape index (κ3) is 4.16. The van der Waals surface area contributed by atoms with Crippen molar-refractivity contribution in [3.05, 3.63) is 51.9 Å². The van der Waals surface area contributed by atoms with E-state index >= 15 is 0 Å². The van der Waals surface area contributed by atoms with Crippen molar-refractivity contribution in [2.45, 2.75) is 26.5 Å². The summed E-state index contributed by atoms with van der Waals surface area (Å²) >= 11 is 11.9. The third-order valence-corrected chi connectivity index (χ3v) is 3.39. The first-order valence-corrected chi connectivity index (χ1v) is 7.19. The van der Waals surface area contributed by atoms with Gasteiger partial charge in [-0.1, -0.05) is 29.3 Å². The molecule has 0 saturated heterocycles. The Morgan fingerprint density at radius 3 is 2.76 bits per heavy atom. The van der Waals surface area contributed by atoms with Gasteiger partial charge in [-0.25, -0.2) is 0 Å². The second-order valence-corrected chi connectivity index (χ2v) is 5.52. The van der Waals surface area contributed by atoms with Gasteiger partial charge in [0.25, 0.3) is 5.91 Å². The zero-order valence-electron chi connectivity index (χ0n) is 11.7. The van der Waals surface area contributed by atoms with Crippen LogP contribution in [0.1, 0.15) is 30.2 Å². The molecule has 1 aromatic heterocycles. The average molecular weight is 328 g/mol. The van der Waals surface area contributed by atoms with Crippen molar-refractivity contribution < 1.29 is 13.9 Å². The Morgan fingerprint density at radius 2 is 2.05 bits per heavy atom. The Bertz CT molecular complexity index is 638. The maximum absolute atomic E-state index is 11.8. The maximum atomic E-state index is 11.8. The number of furan rings is 1. The topological polar surface area (TPSA) is 51.5 Å². The zero-order valence-corrected chi connectivity index (χ0v) is 13.2. The summed E-state index contributed by atoms with van der Waals surface area (Å²) in [6, 6.07) is 8.48. The van der Waals surface area contributed by atoms with Gasteiger partial charge in [-0.3, -0.25) is 4.79 Å². The van der Waals surface area contributed by atoms with E-state index in [-0.39, 0.29) is 24.3 Å². The minimum Gasteiger partial charge on any atom is -0.484 e. The number of hydrogen-bond acceptors (Lipinski definition) is 3. The molecule has 0 aliphatic rings. The van der Waals surface area contributed by atoms with Crippen LogP contribution in [0.25, 0.3) is 0 Å². The monoisotopic (exact) mass is 327 g/mol. The van der Waals surface area contributed by atoms with Crippen LogP contribution < -0.4 is 10.1 Å². The van der Waals surface area contributed by atoms with E-state index in [1.54, 1.807) is 30.3 Å². The van der Waals surface area contributed by atoms with E-state index in [0.717, 1.165) is 0 Å². The van der Waals surface area contributed by atoms with Crippen LogP contribution >= 0.6 is 23.2 Å². The summed E-state index contributed by atoms with van der Waals surface area (Å²) in [5, 5.41) is 3.52. The van der Waals surface area contributed by atoms with E-state index in [1.165, 1.54) is 0 Å². The van der Waals surface area contributed by atoms with Crippen molar-refractivity contribution in [1.29, 1.82) is 0 Å². The molecule has 1 heterocycles. The lowest BCUT2D eigenvalue weighted by Gasteiger charge is -2.07. The summed E-state index contributed by atoms with van der Waals surface area (Å²) in [6.07, 6.45) is 0. The number of ether oxygens (including phenoxy) is 1. The highest BCUT2D eigenvalue weighted by Crippen LogP contribution is 2.32. The van der Waals surface area contributed by atoms with Gasteiger partial charge in [0.15, 0.2) is 5.76 Å². The molecule has 2 aromatic rings. The number of carbonyl (C=O) groups is 1. The van der Waals surface area contributed by atoms with Crippen molar-refractivity contribution in [2.75, 3.05) is 0 Å². The standard InChI is InChI=1S/C15H15Cl2NO3/c1-9(2)18-15(19)13-7-6-10(21-13)8-20-12-5-3-4-11(16)14(12)17/h3-7,9H,8H2,1-2H3,(H,18,19). The van der Waals surface area contributed by atoms with Crippen LogP contribution in [0.4, 0.5) is 0 Å². The second-order valence-electron chi connectivity index (χ2n) is 4.73. The molecule has 21 heavy (non-hydrogen) atoms. The van der Waals surface area contributed by atoms with E-state index < -0.39 is 0 Å². The van der Waals surface area contributed by atoms with Gasteiger partial charge in [-0.05, 0) is 38.1 Å². The minimum atomic E-state index is -0.253. The molecule has 0 aliphatic carbocycles. The number of amides is 1. The zero-order chi connectivity index (χ0) is 15.4. The van der Waals surface area contributed by atoms with Gasteiger partial charge in [0.1, 0.15) is 23.1 Å². The van der Waals surface area contributed by atoms with Crippen LogP contribution in [0.15, 0.2) is 34.7 Å². The maximum Gasteiger partial charge on any atom is 0.287 e. The molecule has 2 rings (SSSR count).